The van der Waals surface area contributed by atoms with Gasteiger partial charge in [-0.05, 0) is 24.7 Å². The van der Waals surface area contributed by atoms with Crippen LogP contribution in [0.1, 0.15) is 39.5 Å². The van der Waals surface area contributed by atoms with Crippen molar-refractivity contribution in [3.05, 3.63) is 11.6 Å². The zero-order chi connectivity index (χ0) is 12.8. The van der Waals surface area contributed by atoms with Gasteiger partial charge in [-0.2, -0.15) is 0 Å². The van der Waals surface area contributed by atoms with Gasteiger partial charge in [-0.25, -0.2) is 0 Å². The van der Waals surface area contributed by atoms with Crippen molar-refractivity contribution in [3.63, 3.8) is 0 Å². The van der Waals surface area contributed by atoms with Crippen LogP contribution in [0.25, 0.3) is 0 Å². The highest BCUT2D eigenvalue weighted by molar-refractivity contribution is 5.14. The van der Waals surface area contributed by atoms with Crippen LogP contribution in [0.3, 0.4) is 0 Å². The molecule has 1 saturated heterocycles. The maximum atomic E-state index is 8.96. The highest BCUT2D eigenvalue weighted by Gasteiger charge is 2.52. The predicted octanol–water partition coefficient (Wildman–Crippen LogP) is 2.49. The van der Waals surface area contributed by atoms with Crippen molar-refractivity contribution in [2.45, 2.75) is 45.3 Å². The molecule has 2 saturated carbocycles. The van der Waals surface area contributed by atoms with Crippen molar-refractivity contribution in [2.24, 2.45) is 17.3 Å². The molecule has 0 aromatic carbocycles. The van der Waals surface area contributed by atoms with Gasteiger partial charge in [-0.3, -0.25) is 0 Å². The van der Waals surface area contributed by atoms with Gasteiger partial charge in [0.1, 0.15) is 0 Å². The van der Waals surface area contributed by atoms with Gasteiger partial charge in [0.2, 0.25) is 0 Å². The van der Waals surface area contributed by atoms with E-state index in [1.54, 1.807) is 0 Å². The van der Waals surface area contributed by atoms with Crippen LogP contribution in [-0.2, 0) is 9.47 Å². The van der Waals surface area contributed by atoms with Crippen LogP contribution in [0.5, 0.6) is 0 Å². The Kier molecular flexibility index (Phi) is 3.04. The van der Waals surface area contributed by atoms with E-state index in [9.17, 15) is 0 Å². The summed E-state index contributed by atoms with van der Waals surface area (Å²) in [7, 11) is 0. The Bertz CT molecular complexity index is 331. The molecule has 3 rings (SSSR count). The molecule has 3 nitrogen and oxygen atoms in total. The van der Waals surface area contributed by atoms with Gasteiger partial charge in [-0.15, -0.1) is 0 Å². The first-order valence-corrected chi connectivity index (χ1v) is 7.09. The maximum absolute atomic E-state index is 8.96. The third-order valence-electron chi connectivity index (χ3n) is 4.69. The standard InChI is InChI=1S/C15H24O3/c1-14(2)9-17-15(18-10-14)7-12-5-11(3-4-16)6-13(12)8-15/h3,12-13,16H,4-10H2,1-2H3/t12-,13+. The van der Waals surface area contributed by atoms with Crippen LogP contribution < -0.4 is 0 Å². The van der Waals surface area contributed by atoms with E-state index in [2.05, 4.69) is 13.8 Å². The summed E-state index contributed by atoms with van der Waals surface area (Å²) in [5.74, 6) is 1.11. The average molecular weight is 252 g/mol. The predicted molar refractivity (Wildman–Crippen MR) is 69.0 cm³/mol. The van der Waals surface area contributed by atoms with E-state index in [-0.39, 0.29) is 17.8 Å². The SMILES string of the molecule is CC1(C)COC2(C[C@H]3CC(=CCO)C[C@H]3C2)OC1. The van der Waals surface area contributed by atoms with Crippen molar-refractivity contribution in [2.75, 3.05) is 19.8 Å². The van der Waals surface area contributed by atoms with Crippen molar-refractivity contribution in [3.8, 4) is 0 Å². The zero-order valence-electron chi connectivity index (χ0n) is 11.4. The summed E-state index contributed by atoms with van der Waals surface area (Å²) in [6.45, 7) is 6.19. The topological polar surface area (TPSA) is 38.7 Å². The first-order valence-electron chi connectivity index (χ1n) is 7.09. The Labute approximate surface area is 109 Å². The summed E-state index contributed by atoms with van der Waals surface area (Å²) in [5, 5.41) is 8.96. The van der Waals surface area contributed by atoms with Gasteiger partial charge in [-0.1, -0.05) is 25.5 Å². The van der Waals surface area contributed by atoms with Gasteiger partial charge in [0.15, 0.2) is 5.79 Å². The van der Waals surface area contributed by atoms with Crippen molar-refractivity contribution < 1.29 is 14.6 Å². The van der Waals surface area contributed by atoms with Gasteiger partial charge in [0.05, 0.1) is 19.8 Å². The fourth-order valence-electron chi connectivity index (χ4n) is 3.72. The maximum Gasteiger partial charge on any atom is 0.168 e. The number of aliphatic hydroxyl groups is 1. The number of ether oxygens (including phenoxy) is 2. The van der Waals surface area contributed by atoms with E-state index in [4.69, 9.17) is 14.6 Å². The number of hydrogen-bond donors (Lipinski definition) is 1. The Morgan fingerprint density at radius 1 is 1.17 bits per heavy atom. The lowest BCUT2D eigenvalue weighted by atomic mass is 9.94. The molecule has 1 aliphatic heterocycles. The molecule has 102 valence electrons. The molecule has 1 N–H and O–H groups in total. The molecule has 0 amide bonds. The van der Waals surface area contributed by atoms with E-state index in [0.717, 1.165) is 38.9 Å². The monoisotopic (exact) mass is 252 g/mol. The first kappa shape index (κ1) is 12.6. The lowest BCUT2D eigenvalue weighted by molar-refractivity contribution is -0.297. The summed E-state index contributed by atoms with van der Waals surface area (Å²) in [4.78, 5) is 0. The van der Waals surface area contributed by atoms with E-state index >= 15 is 0 Å². The highest BCUT2D eigenvalue weighted by Crippen LogP contribution is 2.54. The van der Waals surface area contributed by atoms with E-state index in [1.165, 1.54) is 5.57 Å². The smallest absolute Gasteiger partial charge is 0.168 e. The molecule has 2 atom stereocenters. The summed E-state index contributed by atoms with van der Waals surface area (Å²) in [6.07, 6.45) is 6.32. The summed E-state index contributed by atoms with van der Waals surface area (Å²) in [6, 6.07) is 0. The van der Waals surface area contributed by atoms with Crippen LogP contribution in [0.4, 0.5) is 0 Å². The molecule has 1 heterocycles. The number of aliphatic hydroxyl groups excluding tert-OH is 1. The fourth-order valence-corrected chi connectivity index (χ4v) is 3.72. The summed E-state index contributed by atoms with van der Waals surface area (Å²) >= 11 is 0. The Balaban J connectivity index is 1.63. The fraction of sp³-hybridized carbons (Fsp3) is 0.867. The molecule has 3 aliphatic rings. The minimum atomic E-state index is -0.282. The third-order valence-corrected chi connectivity index (χ3v) is 4.69. The minimum absolute atomic E-state index is 0.158. The van der Waals surface area contributed by atoms with Crippen LogP contribution in [0.2, 0.25) is 0 Å². The van der Waals surface area contributed by atoms with E-state index in [0.29, 0.717) is 11.8 Å². The average Bonchev–Trinajstić information content (AvgIpc) is 2.79. The molecule has 3 heteroatoms. The Hall–Kier alpha value is -0.380. The number of allylic oxidation sites excluding steroid dienone is 1. The lowest BCUT2D eigenvalue weighted by Gasteiger charge is -2.42. The van der Waals surface area contributed by atoms with Crippen molar-refractivity contribution in [1.29, 1.82) is 0 Å². The van der Waals surface area contributed by atoms with Gasteiger partial charge in [0.25, 0.3) is 0 Å². The second-order valence-electron chi connectivity index (χ2n) is 7.03. The second-order valence-corrected chi connectivity index (χ2v) is 7.03. The molecule has 0 aromatic rings. The Morgan fingerprint density at radius 2 is 1.72 bits per heavy atom. The second kappa shape index (κ2) is 4.32. The van der Waals surface area contributed by atoms with E-state index in [1.807, 2.05) is 6.08 Å². The molecule has 3 fully saturated rings. The molecule has 2 aliphatic carbocycles. The molecule has 0 radical (unpaired) electrons. The molecule has 1 spiro atoms. The van der Waals surface area contributed by atoms with Gasteiger partial charge >= 0.3 is 0 Å². The summed E-state index contributed by atoms with van der Waals surface area (Å²) < 4.78 is 12.2. The third kappa shape index (κ3) is 2.24. The van der Waals surface area contributed by atoms with Gasteiger partial charge in [0, 0.05) is 18.3 Å². The molecule has 0 aromatic heterocycles. The summed E-state index contributed by atoms with van der Waals surface area (Å²) in [5.41, 5.74) is 1.59. The Morgan fingerprint density at radius 3 is 2.22 bits per heavy atom. The minimum Gasteiger partial charge on any atom is -0.392 e. The molecular weight excluding hydrogens is 228 g/mol. The quantitative estimate of drug-likeness (QED) is 0.729. The number of rotatable bonds is 1. The normalized spacial score (nSPS) is 39.4. The highest BCUT2D eigenvalue weighted by atomic mass is 16.7. The number of hydrogen-bond acceptors (Lipinski definition) is 3. The van der Waals surface area contributed by atoms with E-state index < -0.39 is 0 Å². The zero-order valence-corrected chi connectivity index (χ0v) is 11.4. The molecular formula is C15H24O3. The lowest BCUT2D eigenvalue weighted by Crippen LogP contribution is -2.46. The number of fused-ring (bicyclic) bond motifs is 1. The molecule has 0 unspecified atom stereocenters. The largest absolute Gasteiger partial charge is 0.392 e. The molecule has 18 heavy (non-hydrogen) atoms. The van der Waals surface area contributed by atoms with Gasteiger partial charge < -0.3 is 14.6 Å². The van der Waals surface area contributed by atoms with Crippen molar-refractivity contribution in [1.82, 2.24) is 0 Å². The van der Waals surface area contributed by atoms with Crippen LogP contribution in [-0.4, -0.2) is 30.7 Å². The van der Waals surface area contributed by atoms with Crippen molar-refractivity contribution >= 4 is 0 Å². The van der Waals surface area contributed by atoms with Crippen LogP contribution in [0.15, 0.2) is 11.6 Å². The van der Waals surface area contributed by atoms with Crippen LogP contribution in [0, 0.1) is 17.3 Å². The first-order chi connectivity index (χ1) is 8.52. The van der Waals surface area contributed by atoms with Crippen LogP contribution >= 0.6 is 0 Å². The molecule has 0 bridgehead atoms.